The summed E-state index contributed by atoms with van der Waals surface area (Å²) in [5, 5.41) is 9.76. The summed E-state index contributed by atoms with van der Waals surface area (Å²) in [6, 6.07) is 5.39. The third-order valence-corrected chi connectivity index (χ3v) is 3.16. The van der Waals surface area contributed by atoms with Gasteiger partial charge in [-0.2, -0.15) is 0 Å². The molecule has 82 valence electrons. The van der Waals surface area contributed by atoms with Crippen LogP contribution in [0.2, 0.25) is 10.0 Å². The van der Waals surface area contributed by atoms with Crippen LogP contribution in [0.15, 0.2) is 18.2 Å². The Hall–Kier alpha value is -0.730. The summed E-state index contributed by atoms with van der Waals surface area (Å²) in [6.07, 6.45) is 1.20. The second-order valence-electron chi connectivity index (χ2n) is 3.49. The van der Waals surface area contributed by atoms with Crippen molar-refractivity contribution in [1.29, 1.82) is 0 Å². The molecule has 0 radical (unpaired) electrons. The van der Waals surface area contributed by atoms with E-state index in [1.165, 1.54) is 0 Å². The van der Waals surface area contributed by atoms with Gasteiger partial charge < -0.3 is 5.11 Å². The maximum absolute atomic E-state index is 10.6. The Balaban J connectivity index is 2.66. The largest absolute Gasteiger partial charge is 0.481 e. The second-order valence-corrected chi connectivity index (χ2v) is 4.28. The Morgan fingerprint density at radius 1 is 1.47 bits per heavy atom. The summed E-state index contributed by atoms with van der Waals surface area (Å²) in [6.45, 7) is 1.68. The van der Waals surface area contributed by atoms with E-state index in [0.29, 0.717) is 22.9 Å². The van der Waals surface area contributed by atoms with Crippen molar-refractivity contribution in [3.63, 3.8) is 0 Å². The molecule has 0 aromatic heterocycles. The lowest BCUT2D eigenvalue weighted by atomic mass is 10.0. The van der Waals surface area contributed by atoms with Crippen LogP contribution >= 0.6 is 23.2 Å². The highest BCUT2D eigenvalue weighted by molar-refractivity contribution is 6.42. The number of aryl methyl sites for hydroxylation is 1. The van der Waals surface area contributed by atoms with E-state index >= 15 is 0 Å². The lowest BCUT2D eigenvalue weighted by molar-refractivity contribution is -0.141. The van der Waals surface area contributed by atoms with Crippen molar-refractivity contribution in [2.75, 3.05) is 0 Å². The van der Waals surface area contributed by atoms with E-state index < -0.39 is 5.97 Å². The molecule has 0 aliphatic heterocycles. The highest BCUT2D eigenvalue weighted by Crippen LogP contribution is 2.27. The van der Waals surface area contributed by atoms with Crippen molar-refractivity contribution < 1.29 is 9.90 Å². The van der Waals surface area contributed by atoms with Gasteiger partial charge in [0.2, 0.25) is 0 Å². The van der Waals surface area contributed by atoms with Gasteiger partial charge in [-0.1, -0.05) is 42.3 Å². The molecule has 0 saturated carbocycles. The zero-order valence-electron chi connectivity index (χ0n) is 8.34. The van der Waals surface area contributed by atoms with Gasteiger partial charge in [0.05, 0.1) is 16.0 Å². The highest BCUT2D eigenvalue weighted by Gasteiger charge is 2.12. The van der Waals surface area contributed by atoms with Crippen molar-refractivity contribution in [1.82, 2.24) is 0 Å². The number of carbonyl (C=O) groups is 1. The molecule has 0 spiro atoms. The molecule has 1 aromatic carbocycles. The molecule has 1 rings (SSSR count). The normalized spacial score (nSPS) is 12.5. The standard InChI is InChI=1S/C11H12Cl2O2/c1-7(11(14)15)5-6-8-3-2-4-9(12)10(8)13/h2-4,7H,5-6H2,1H3,(H,14,15). The molecule has 1 N–H and O–H groups in total. The number of aliphatic carboxylic acids is 1. The van der Waals surface area contributed by atoms with Gasteiger partial charge in [-0.15, -0.1) is 0 Å². The fourth-order valence-electron chi connectivity index (χ4n) is 1.24. The Bertz CT molecular complexity index is 364. The quantitative estimate of drug-likeness (QED) is 0.881. The average molecular weight is 247 g/mol. The van der Waals surface area contributed by atoms with Gasteiger partial charge in [0.15, 0.2) is 0 Å². The van der Waals surface area contributed by atoms with E-state index in [0.717, 1.165) is 5.56 Å². The van der Waals surface area contributed by atoms with Gasteiger partial charge >= 0.3 is 5.97 Å². The molecular weight excluding hydrogens is 235 g/mol. The Morgan fingerprint density at radius 2 is 2.13 bits per heavy atom. The molecule has 0 saturated heterocycles. The Kier molecular flexibility index (Phi) is 4.43. The predicted molar refractivity (Wildman–Crippen MR) is 61.6 cm³/mol. The van der Waals surface area contributed by atoms with E-state index in [-0.39, 0.29) is 5.92 Å². The third kappa shape index (κ3) is 3.40. The minimum atomic E-state index is -0.784. The van der Waals surface area contributed by atoms with Crippen molar-refractivity contribution in [3.05, 3.63) is 33.8 Å². The molecule has 0 aliphatic rings. The van der Waals surface area contributed by atoms with Crippen molar-refractivity contribution in [3.8, 4) is 0 Å². The number of benzene rings is 1. The second kappa shape index (κ2) is 5.38. The summed E-state index contributed by atoms with van der Waals surface area (Å²) < 4.78 is 0. The molecule has 0 bridgehead atoms. The maximum Gasteiger partial charge on any atom is 0.306 e. The van der Waals surface area contributed by atoms with E-state index in [2.05, 4.69) is 0 Å². The number of hydrogen-bond acceptors (Lipinski definition) is 1. The zero-order valence-corrected chi connectivity index (χ0v) is 9.85. The first-order valence-electron chi connectivity index (χ1n) is 4.68. The van der Waals surface area contributed by atoms with Gasteiger partial charge in [0.25, 0.3) is 0 Å². The van der Waals surface area contributed by atoms with E-state index in [4.69, 9.17) is 28.3 Å². The molecule has 1 atom stereocenters. The minimum absolute atomic E-state index is 0.361. The van der Waals surface area contributed by atoms with Crippen LogP contribution in [-0.4, -0.2) is 11.1 Å². The van der Waals surface area contributed by atoms with Crippen molar-refractivity contribution >= 4 is 29.2 Å². The Morgan fingerprint density at radius 3 is 2.73 bits per heavy atom. The van der Waals surface area contributed by atoms with Gasteiger partial charge in [0.1, 0.15) is 0 Å². The summed E-state index contributed by atoms with van der Waals surface area (Å²) in [4.78, 5) is 10.6. The molecule has 0 amide bonds. The molecular formula is C11H12Cl2O2. The van der Waals surface area contributed by atoms with Crippen LogP contribution in [0.3, 0.4) is 0 Å². The third-order valence-electron chi connectivity index (χ3n) is 2.30. The average Bonchev–Trinajstić information content (AvgIpc) is 2.19. The minimum Gasteiger partial charge on any atom is -0.481 e. The molecule has 1 aromatic rings. The van der Waals surface area contributed by atoms with Gasteiger partial charge in [-0.25, -0.2) is 0 Å². The molecule has 15 heavy (non-hydrogen) atoms. The van der Waals surface area contributed by atoms with Crippen LogP contribution in [0.5, 0.6) is 0 Å². The smallest absolute Gasteiger partial charge is 0.306 e. The van der Waals surface area contributed by atoms with Crippen LogP contribution in [0, 0.1) is 5.92 Å². The molecule has 2 nitrogen and oxygen atoms in total. The van der Waals surface area contributed by atoms with Crippen LogP contribution < -0.4 is 0 Å². The van der Waals surface area contributed by atoms with E-state index in [1.54, 1.807) is 13.0 Å². The van der Waals surface area contributed by atoms with Crippen molar-refractivity contribution in [2.45, 2.75) is 19.8 Å². The Labute approximate surface area is 98.8 Å². The summed E-state index contributed by atoms with van der Waals surface area (Å²) in [5.74, 6) is -1.15. The molecule has 4 heteroatoms. The number of halogens is 2. The number of rotatable bonds is 4. The summed E-state index contributed by atoms with van der Waals surface area (Å²) >= 11 is 11.8. The fraction of sp³-hybridized carbons (Fsp3) is 0.364. The lowest BCUT2D eigenvalue weighted by Crippen LogP contribution is -2.10. The maximum atomic E-state index is 10.6. The highest BCUT2D eigenvalue weighted by atomic mass is 35.5. The fourth-order valence-corrected chi connectivity index (χ4v) is 1.65. The number of carboxylic acids is 1. The van der Waals surface area contributed by atoms with Crippen molar-refractivity contribution in [2.24, 2.45) is 5.92 Å². The van der Waals surface area contributed by atoms with Gasteiger partial charge in [-0.3, -0.25) is 4.79 Å². The van der Waals surface area contributed by atoms with Crippen LogP contribution in [-0.2, 0) is 11.2 Å². The van der Waals surface area contributed by atoms with E-state index in [1.807, 2.05) is 12.1 Å². The zero-order chi connectivity index (χ0) is 11.4. The number of hydrogen-bond donors (Lipinski definition) is 1. The lowest BCUT2D eigenvalue weighted by Gasteiger charge is -2.08. The first-order chi connectivity index (χ1) is 7.02. The SMILES string of the molecule is CC(CCc1cccc(Cl)c1Cl)C(=O)O. The first-order valence-corrected chi connectivity index (χ1v) is 5.43. The topological polar surface area (TPSA) is 37.3 Å². The first kappa shape index (κ1) is 12.3. The molecule has 0 heterocycles. The van der Waals surface area contributed by atoms with Gasteiger partial charge in [0, 0.05) is 0 Å². The molecule has 0 aliphatic carbocycles. The van der Waals surface area contributed by atoms with Crippen LogP contribution in [0.1, 0.15) is 18.9 Å². The predicted octanol–water partition coefficient (Wildman–Crippen LogP) is 3.65. The monoisotopic (exact) mass is 246 g/mol. The van der Waals surface area contributed by atoms with Crippen LogP contribution in [0.4, 0.5) is 0 Å². The molecule has 1 unspecified atom stereocenters. The summed E-state index contributed by atoms with van der Waals surface area (Å²) in [7, 11) is 0. The van der Waals surface area contributed by atoms with E-state index in [9.17, 15) is 4.79 Å². The van der Waals surface area contributed by atoms with Crippen LogP contribution in [0.25, 0.3) is 0 Å². The molecule has 0 fully saturated rings. The van der Waals surface area contributed by atoms with Gasteiger partial charge in [-0.05, 0) is 24.5 Å². The number of carboxylic acid groups (broad SMARTS) is 1. The summed E-state index contributed by atoms with van der Waals surface area (Å²) in [5.41, 5.74) is 0.900.